The lowest BCUT2D eigenvalue weighted by molar-refractivity contribution is 0.373. The molecule has 0 spiro atoms. The fraction of sp³-hybridized carbons (Fsp3) is 0.800. The summed E-state index contributed by atoms with van der Waals surface area (Å²) in [5, 5.41) is 7.24. The van der Waals surface area contributed by atoms with E-state index in [1.54, 1.807) is 0 Å². The van der Waals surface area contributed by atoms with Gasteiger partial charge in [-0.25, -0.2) is 4.98 Å². The van der Waals surface area contributed by atoms with Crippen molar-refractivity contribution in [2.75, 3.05) is 13.1 Å². The van der Waals surface area contributed by atoms with Crippen LogP contribution in [0.4, 0.5) is 0 Å². The molecule has 2 aliphatic rings. The molecule has 1 N–H and O–H groups in total. The molecular formula is C15H24N2S. The van der Waals surface area contributed by atoms with E-state index in [1.165, 1.54) is 75.2 Å². The van der Waals surface area contributed by atoms with Gasteiger partial charge in [0.15, 0.2) is 0 Å². The molecule has 1 aromatic heterocycles. The van der Waals surface area contributed by atoms with Crippen molar-refractivity contribution >= 4 is 11.3 Å². The standard InChI is InChI=1S/C15H24N2S/c1-2-6-13(7-3-1)15-17-14(11-18-15)9-12-5-4-8-16-10-12/h11-13,16H,1-10H2. The summed E-state index contributed by atoms with van der Waals surface area (Å²) in [6.07, 6.45) is 10.9. The zero-order chi connectivity index (χ0) is 12.2. The monoisotopic (exact) mass is 264 g/mol. The summed E-state index contributed by atoms with van der Waals surface area (Å²) in [6, 6.07) is 0. The van der Waals surface area contributed by atoms with Crippen LogP contribution in [0, 0.1) is 5.92 Å². The highest BCUT2D eigenvalue weighted by atomic mass is 32.1. The minimum Gasteiger partial charge on any atom is -0.316 e. The average Bonchev–Trinajstić information content (AvgIpc) is 2.89. The molecule has 1 aromatic rings. The van der Waals surface area contributed by atoms with Crippen molar-refractivity contribution in [3.8, 4) is 0 Å². The van der Waals surface area contributed by atoms with Crippen LogP contribution in [-0.2, 0) is 6.42 Å². The largest absolute Gasteiger partial charge is 0.316 e. The van der Waals surface area contributed by atoms with Crippen LogP contribution in [0.2, 0.25) is 0 Å². The molecule has 0 amide bonds. The number of rotatable bonds is 3. The molecule has 2 heterocycles. The van der Waals surface area contributed by atoms with Crippen molar-refractivity contribution in [3.05, 3.63) is 16.1 Å². The first-order valence-electron chi connectivity index (χ1n) is 7.57. The number of thiazole rings is 1. The molecule has 0 radical (unpaired) electrons. The molecule has 0 aromatic carbocycles. The van der Waals surface area contributed by atoms with Crippen LogP contribution in [0.1, 0.15) is 61.6 Å². The normalized spacial score (nSPS) is 26.3. The van der Waals surface area contributed by atoms with E-state index in [0.29, 0.717) is 0 Å². The quantitative estimate of drug-likeness (QED) is 0.899. The molecule has 18 heavy (non-hydrogen) atoms. The van der Waals surface area contributed by atoms with Crippen LogP contribution in [-0.4, -0.2) is 18.1 Å². The van der Waals surface area contributed by atoms with Crippen molar-refractivity contribution in [1.82, 2.24) is 10.3 Å². The fourth-order valence-corrected chi connectivity index (χ4v) is 4.35. The Morgan fingerprint density at radius 1 is 1.17 bits per heavy atom. The Bertz CT molecular complexity index is 362. The molecule has 2 nitrogen and oxygen atoms in total. The van der Waals surface area contributed by atoms with Crippen LogP contribution < -0.4 is 5.32 Å². The van der Waals surface area contributed by atoms with Gasteiger partial charge in [0.25, 0.3) is 0 Å². The number of hydrogen-bond donors (Lipinski definition) is 1. The third-order valence-corrected chi connectivity index (χ3v) is 5.48. The maximum absolute atomic E-state index is 4.92. The van der Waals surface area contributed by atoms with Crippen LogP contribution in [0.15, 0.2) is 5.38 Å². The van der Waals surface area contributed by atoms with E-state index in [0.717, 1.165) is 11.8 Å². The lowest BCUT2D eigenvalue weighted by Gasteiger charge is -2.22. The van der Waals surface area contributed by atoms with Crippen LogP contribution >= 0.6 is 11.3 Å². The first-order valence-corrected chi connectivity index (χ1v) is 8.45. The zero-order valence-electron chi connectivity index (χ0n) is 11.2. The minimum atomic E-state index is 0.780. The second kappa shape index (κ2) is 6.16. The highest BCUT2D eigenvalue weighted by Crippen LogP contribution is 2.34. The molecule has 2 fully saturated rings. The molecule has 0 bridgehead atoms. The first kappa shape index (κ1) is 12.6. The minimum absolute atomic E-state index is 0.780. The number of piperidine rings is 1. The SMILES string of the molecule is c1sc(C2CCCCC2)nc1CC1CCCNC1. The van der Waals surface area contributed by atoms with E-state index in [2.05, 4.69) is 10.7 Å². The molecule has 1 saturated heterocycles. The average molecular weight is 264 g/mol. The maximum Gasteiger partial charge on any atom is 0.0959 e. The zero-order valence-corrected chi connectivity index (χ0v) is 12.0. The van der Waals surface area contributed by atoms with E-state index < -0.39 is 0 Å². The molecule has 1 saturated carbocycles. The van der Waals surface area contributed by atoms with Gasteiger partial charge < -0.3 is 5.32 Å². The Hall–Kier alpha value is -0.410. The predicted molar refractivity (Wildman–Crippen MR) is 77.2 cm³/mol. The third-order valence-electron chi connectivity index (χ3n) is 4.42. The Kier molecular flexibility index (Phi) is 4.32. The van der Waals surface area contributed by atoms with E-state index >= 15 is 0 Å². The van der Waals surface area contributed by atoms with Crippen molar-refractivity contribution < 1.29 is 0 Å². The van der Waals surface area contributed by atoms with Gasteiger partial charge in [-0.3, -0.25) is 0 Å². The Morgan fingerprint density at radius 3 is 2.83 bits per heavy atom. The smallest absolute Gasteiger partial charge is 0.0959 e. The van der Waals surface area contributed by atoms with Crippen molar-refractivity contribution in [1.29, 1.82) is 0 Å². The summed E-state index contributed by atoms with van der Waals surface area (Å²) in [6.45, 7) is 2.40. The molecule has 1 aliphatic carbocycles. The Balaban J connectivity index is 1.58. The van der Waals surface area contributed by atoms with Crippen LogP contribution in [0.3, 0.4) is 0 Å². The Labute approximate surface area is 114 Å². The van der Waals surface area contributed by atoms with Crippen molar-refractivity contribution in [2.24, 2.45) is 5.92 Å². The lowest BCUT2D eigenvalue weighted by Crippen LogP contribution is -2.30. The van der Waals surface area contributed by atoms with Gasteiger partial charge >= 0.3 is 0 Å². The van der Waals surface area contributed by atoms with Gasteiger partial charge in [-0.2, -0.15) is 0 Å². The maximum atomic E-state index is 4.92. The second-order valence-corrected chi connectivity index (χ2v) is 6.82. The van der Waals surface area contributed by atoms with E-state index in [1.807, 2.05) is 11.3 Å². The van der Waals surface area contributed by atoms with Crippen molar-refractivity contribution in [3.63, 3.8) is 0 Å². The number of hydrogen-bond acceptors (Lipinski definition) is 3. The summed E-state index contributed by atoms with van der Waals surface area (Å²) in [7, 11) is 0. The van der Waals surface area contributed by atoms with Gasteiger partial charge in [-0.1, -0.05) is 19.3 Å². The van der Waals surface area contributed by atoms with Crippen LogP contribution in [0.5, 0.6) is 0 Å². The number of nitrogens with zero attached hydrogens (tertiary/aromatic N) is 1. The predicted octanol–water partition coefficient (Wildman–Crippen LogP) is 3.73. The first-order chi connectivity index (χ1) is 8.92. The third kappa shape index (κ3) is 3.12. The Morgan fingerprint density at radius 2 is 2.06 bits per heavy atom. The fourth-order valence-electron chi connectivity index (χ4n) is 3.35. The van der Waals surface area contributed by atoms with Gasteiger partial charge in [0.2, 0.25) is 0 Å². The summed E-state index contributed by atoms with van der Waals surface area (Å²) in [5.74, 6) is 1.60. The molecule has 1 aliphatic heterocycles. The summed E-state index contributed by atoms with van der Waals surface area (Å²) in [5.41, 5.74) is 1.36. The van der Waals surface area contributed by atoms with Gasteiger partial charge in [0.1, 0.15) is 0 Å². The van der Waals surface area contributed by atoms with Crippen molar-refractivity contribution in [2.45, 2.75) is 57.3 Å². The number of nitrogens with one attached hydrogen (secondary N) is 1. The lowest BCUT2D eigenvalue weighted by atomic mass is 9.90. The van der Waals surface area contributed by atoms with E-state index in [9.17, 15) is 0 Å². The van der Waals surface area contributed by atoms with E-state index in [-0.39, 0.29) is 0 Å². The van der Waals surface area contributed by atoms with Gasteiger partial charge in [0.05, 0.1) is 10.7 Å². The summed E-state index contributed by atoms with van der Waals surface area (Å²) in [4.78, 5) is 4.92. The molecule has 1 atom stereocenters. The molecule has 3 rings (SSSR count). The molecule has 100 valence electrons. The van der Waals surface area contributed by atoms with Gasteiger partial charge in [0, 0.05) is 11.3 Å². The summed E-state index contributed by atoms with van der Waals surface area (Å²) >= 11 is 1.91. The second-order valence-electron chi connectivity index (χ2n) is 5.93. The molecule has 1 unspecified atom stereocenters. The highest BCUT2D eigenvalue weighted by Gasteiger charge is 2.20. The van der Waals surface area contributed by atoms with E-state index in [4.69, 9.17) is 4.98 Å². The summed E-state index contributed by atoms with van der Waals surface area (Å²) < 4.78 is 0. The van der Waals surface area contributed by atoms with Gasteiger partial charge in [-0.05, 0) is 51.1 Å². The topological polar surface area (TPSA) is 24.9 Å². The number of aromatic nitrogens is 1. The highest BCUT2D eigenvalue weighted by molar-refractivity contribution is 7.09. The molecule has 3 heteroatoms. The van der Waals surface area contributed by atoms with Crippen LogP contribution in [0.25, 0.3) is 0 Å². The van der Waals surface area contributed by atoms with Gasteiger partial charge in [-0.15, -0.1) is 11.3 Å². The molecular weight excluding hydrogens is 240 g/mol.